The smallest absolute Gasteiger partial charge is 0.265 e. The minimum Gasteiger partial charge on any atom is -0.337 e. The number of unbranched alkanes of at least 4 members (excludes halogenated alkanes) is 1. The predicted molar refractivity (Wildman–Crippen MR) is 68.4 cm³/mol. The molecule has 0 unspecified atom stereocenters. The van der Waals surface area contributed by atoms with Crippen LogP contribution in [-0.2, 0) is 0 Å². The van der Waals surface area contributed by atoms with Crippen molar-refractivity contribution in [1.82, 2.24) is 9.88 Å². The monoisotopic (exact) mass is 260 g/mol. The van der Waals surface area contributed by atoms with Crippen molar-refractivity contribution in [1.29, 1.82) is 0 Å². The van der Waals surface area contributed by atoms with Gasteiger partial charge in [0.2, 0.25) is 0 Å². The highest BCUT2D eigenvalue weighted by Gasteiger charge is 2.18. The zero-order valence-corrected chi connectivity index (χ0v) is 11.3. The molecule has 1 amide bonds. The number of carbonyl (C=O) groups excluding carboxylic acids is 1. The van der Waals surface area contributed by atoms with Crippen LogP contribution >= 0.6 is 22.9 Å². The summed E-state index contributed by atoms with van der Waals surface area (Å²) in [7, 11) is 0. The lowest BCUT2D eigenvalue weighted by molar-refractivity contribution is 0.0767. The summed E-state index contributed by atoms with van der Waals surface area (Å²) in [6.45, 7) is 5.36. The zero-order valence-electron chi connectivity index (χ0n) is 9.70. The summed E-state index contributed by atoms with van der Waals surface area (Å²) in [5.41, 5.74) is 2.52. The minimum absolute atomic E-state index is 0.0640. The van der Waals surface area contributed by atoms with E-state index in [1.807, 2.05) is 11.8 Å². The zero-order chi connectivity index (χ0) is 12.0. The van der Waals surface area contributed by atoms with E-state index in [0.717, 1.165) is 30.0 Å². The van der Waals surface area contributed by atoms with Gasteiger partial charge in [-0.15, -0.1) is 22.9 Å². The van der Waals surface area contributed by atoms with Gasteiger partial charge in [0.1, 0.15) is 4.88 Å². The molecule has 0 spiro atoms. The van der Waals surface area contributed by atoms with Crippen LogP contribution in [0.1, 0.15) is 35.1 Å². The molecule has 0 atom stereocenters. The number of halogens is 1. The number of amides is 1. The van der Waals surface area contributed by atoms with Gasteiger partial charge in [-0.1, -0.05) is 13.3 Å². The van der Waals surface area contributed by atoms with E-state index < -0.39 is 0 Å². The fourth-order valence-electron chi connectivity index (χ4n) is 1.42. The topological polar surface area (TPSA) is 33.2 Å². The Morgan fingerprint density at radius 1 is 1.56 bits per heavy atom. The lowest BCUT2D eigenvalue weighted by Crippen LogP contribution is -2.33. The van der Waals surface area contributed by atoms with Gasteiger partial charge >= 0.3 is 0 Å². The van der Waals surface area contributed by atoms with Crippen molar-refractivity contribution in [2.24, 2.45) is 0 Å². The summed E-state index contributed by atoms with van der Waals surface area (Å²) >= 11 is 7.11. The van der Waals surface area contributed by atoms with Crippen molar-refractivity contribution in [3.8, 4) is 0 Å². The molecule has 90 valence electrons. The molecule has 1 heterocycles. The number of hydrogen-bond acceptors (Lipinski definition) is 3. The molecular formula is C11H17ClN2OS. The van der Waals surface area contributed by atoms with Crippen LogP contribution in [0.15, 0.2) is 5.51 Å². The van der Waals surface area contributed by atoms with Gasteiger partial charge in [-0.05, 0) is 13.3 Å². The fourth-order valence-corrected chi connectivity index (χ4v) is 2.39. The second kappa shape index (κ2) is 6.86. The Bertz CT molecular complexity index is 340. The highest BCUT2D eigenvalue weighted by Crippen LogP contribution is 2.15. The first-order valence-electron chi connectivity index (χ1n) is 5.46. The van der Waals surface area contributed by atoms with E-state index in [4.69, 9.17) is 11.6 Å². The van der Waals surface area contributed by atoms with Gasteiger partial charge in [0.15, 0.2) is 0 Å². The molecule has 0 N–H and O–H groups in total. The Kier molecular flexibility index (Phi) is 5.77. The third-order valence-electron chi connectivity index (χ3n) is 2.36. The first kappa shape index (κ1) is 13.5. The quantitative estimate of drug-likeness (QED) is 0.737. The number of nitrogens with zero attached hydrogens (tertiary/aromatic N) is 2. The van der Waals surface area contributed by atoms with Crippen LogP contribution < -0.4 is 0 Å². The predicted octanol–water partition coefficient (Wildman–Crippen LogP) is 2.93. The van der Waals surface area contributed by atoms with E-state index in [0.29, 0.717) is 12.4 Å². The molecule has 1 rings (SSSR count). The molecule has 0 saturated carbocycles. The van der Waals surface area contributed by atoms with Crippen LogP contribution in [-0.4, -0.2) is 34.8 Å². The van der Waals surface area contributed by atoms with Crippen LogP contribution in [0.3, 0.4) is 0 Å². The van der Waals surface area contributed by atoms with Crippen molar-refractivity contribution in [2.45, 2.75) is 26.7 Å². The Morgan fingerprint density at radius 2 is 2.31 bits per heavy atom. The first-order chi connectivity index (χ1) is 7.70. The molecule has 0 fully saturated rings. The van der Waals surface area contributed by atoms with Crippen molar-refractivity contribution in [3.63, 3.8) is 0 Å². The number of rotatable bonds is 6. The second-order valence-corrected chi connectivity index (χ2v) is 4.83. The molecule has 0 aromatic carbocycles. The van der Waals surface area contributed by atoms with E-state index in [1.54, 1.807) is 5.51 Å². The highest BCUT2D eigenvalue weighted by atomic mass is 35.5. The second-order valence-electron chi connectivity index (χ2n) is 3.60. The van der Waals surface area contributed by atoms with Gasteiger partial charge in [-0.25, -0.2) is 4.98 Å². The lowest BCUT2D eigenvalue weighted by atomic mass is 10.3. The fraction of sp³-hybridized carbons (Fsp3) is 0.636. The summed E-state index contributed by atoms with van der Waals surface area (Å²) in [5, 5.41) is 0. The molecule has 0 radical (unpaired) electrons. The summed E-state index contributed by atoms with van der Waals surface area (Å²) in [6.07, 6.45) is 2.09. The number of aromatic nitrogens is 1. The van der Waals surface area contributed by atoms with Crippen molar-refractivity contribution in [2.75, 3.05) is 19.0 Å². The summed E-state index contributed by atoms with van der Waals surface area (Å²) in [5.74, 6) is 0.543. The molecule has 3 nitrogen and oxygen atoms in total. The number of aryl methyl sites for hydroxylation is 1. The standard InChI is InChI=1S/C11H17ClN2OS/c1-3-4-6-14(7-5-12)11(15)10-9(2)13-8-16-10/h8H,3-7H2,1-2H3. The van der Waals surface area contributed by atoms with E-state index in [2.05, 4.69) is 11.9 Å². The van der Waals surface area contributed by atoms with Crippen LogP contribution in [0, 0.1) is 6.92 Å². The maximum Gasteiger partial charge on any atom is 0.265 e. The molecular weight excluding hydrogens is 244 g/mol. The van der Waals surface area contributed by atoms with E-state index in [9.17, 15) is 4.79 Å². The lowest BCUT2D eigenvalue weighted by Gasteiger charge is -2.20. The number of hydrogen-bond donors (Lipinski definition) is 0. The Labute approximate surface area is 105 Å². The normalized spacial score (nSPS) is 10.4. The molecule has 16 heavy (non-hydrogen) atoms. The van der Waals surface area contributed by atoms with E-state index in [1.165, 1.54) is 11.3 Å². The third-order valence-corrected chi connectivity index (χ3v) is 3.45. The average Bonchev–Trinajstić information content (AvgIpc) is 2.69. The first-order valence-corrected chi connectivity index (χ1v) is 6.87. The van der Waals surface area contributed by atoms with Crippen molar-refractivity contribution < 1.29 is 4.79 Å². The maximum absolute atomic E-state index is 12.2. The maximum atomic E-state index is 12.2. The average molecular weight is 261 g/mol. The Hall–Kier alpha value is -0.610. The highest BCUT2D eigenvalue weighted by molar-refractivity contribution is 7.11. The molecule has 1 aromatic rings. The molecule has 0 aliphatic carbocycles. The largest absolute Gasteiger partial charge is 0.337 e. The summed E-state index contributed by atoms with van der Waals surface area (Å²) < 4.78 is 0. The van der Waals surface area contributed by atoms with Gasteiger partial charge in [0.25, 0.3) is 5.91 Å². The number of thiazole rings is 1. The van der Waals surface area contributed by atoms with Gasteiger partial charge in [-0.2, -0.15) is 0 Å². The van der Waals surface area contributed by atoms with E-state index in [-0.39, 0.29) is 5.91 Å². The molecule has 0 bridgehead atoms. The molecule has 0 saturated heterocycles. The molecule has 0 aliphatic heterocycles. The van der Waals surface area contributed by atoms with Crippen LogP contribution in [0.25, 0.3) is 0 Å². The van der Waals surface area contributed by atoms with Gasteiger partial charge in [0.05, 0.1) is 11.2 Å². The minimum atomic E-state index is 0.0640. The van der Waals surface area contributed by atoms with Crippen LogP contribution in [0.2, 0.25) is 0 Å². The molecule has 5 heteroatoms. The molecule has 0 aliphatic rings. The SMILES string of the molecule is CCCCN(CCCl)C(=O)c1scnc1C. The third kappa shape index (κ3) is 3.46. The Morgan fingerprint density at radius 3 is 2.81 bits per heavy atom. The van der Waals surface area contributed by atoms with Gasteiger partial charge in [-0.3, -0.25) is 4.79 Å². The Balaban J connectivity index is 2.70. The van der Waals surface area contributed by atoms with Gasteiger partial charge < -0.3 is 4.90 Å². The van der Waals surface area contributed by atoms with Crippen molar-refractivity contribution in [3.05, 3.63) is 16.1 Å². The number of alkyl halides is 1. The van der Waals surface area contributed by atoms with Crippen LogP contribution in [0.4, 0.5) is 0 Å². The number of carbonyl (C=O) groups is 1. The van der Waals surface area contributed by atoms with Crippen LogP contribution in [0.5, 0.6) is 0 Å². The summed E-state index contributed by atoms with van der Waals surface area (Å²) in [4.78, 5) is 18.8. The van der Waals surface area contributed by atoms with Gasteiger partial charge in [0, 0.05) is 19.0 Å². The summed E-state index contributed by atoms with van der Waals surface area (Å²) in [6, 6.07) is 0. The van der Waals surface area contributed by atoms with Crippen molar-refractivity contribution >= 4 is 28.8 Å². The molecule has 1 aromatic heterocycles. The van der Waals surface area contributed by atoms with E-state index >= 15 is 0 Å².